The van der Waals surface area contributed by atoms with E-state index in [0.717, 1.165) is 32.8 Å². The predicted octanol–water partition coefficient (Wildman–Crippen LogP) is 6.31. The van der Waals surface area contributed by atoms with E-state index in [2.05, 4.69) is 76.6 Å². The smallest absolute Gasteiger partial charge is 0.132 e. The molecular formula is C24H14BrNO. The molecule has 0 radical (unpaired) electrons. The van der Waals surface area contributed by atoms with Crippen LogP contribution in [-0.4, -0.2) is 4.98 Å². The molecule has 1 spiro atoms. The standard InChI is InChI=1S/C24H14BrNO/c25-15-11-12-16-20(14-15)24(19-8-5-13-26-23(16)19)17-6-1-3-9-21(17)27-22-10-4-2-7-18(22)24/h1-14H. The Kier molecular flexibility index (Phi) is 2.98. The molecule has 27 heavy (non-hydrogen) atoms. The Morgan fingerprint density at radius 2 is 1.37 bits per heavy atom. The number of rotatable bonds is 0. The van der Waals surface area contributed by atoms with Gasteiger partial charge in [-0.25, -0.2) is 0 Å². The Hall–Kier alpha value is -2.91. The van der Waals surface area contributed by atoms with Gasteiger partial charge in [0.25, 0.3) is 0 Å². The van der Waals surface area contributed by atoms with Gasteiger partial charge in [0.05, 0.1) is 11.1 Å². The van der Waals surface area contributed by atoms with Gasteiger partial charge in [0, 0.05) is 27.4 Å². The minimum Gasteiger partial charge on any atom is -0.457 e. The molecule has 1 aliphatic carbocycles. The van der Waals surface area contributed by atoms with Crippen LogP contribution in [0.1, 0.15) is 22.3 Å². The maximum Gasteiger partial charge on any atom is 0.132 e. The number of para-hydroxylation sites is 2. The van der Waals surface area contributed by atoms with Crippen LogP contribution in [0.4, 0.5) is 0 Å². The topological polar surface area (TPSA) is 22.1 Å². The van der Waals surface area contributed by atoms with Gasteiger partial charge in [-0.05, 0) is 41.5 Å². The first-order valence-corrected chi connectivity index (χ1v) is 9.72. The lowest BCUT2D eigenvalue weighted by Gasteiger charge is -2.39. The highest BCUT2D eigenvalue weighted by atomic mass is 79.9. The van der Waals surface area contributed by atoms with E-state index < -0.39 is 5.41 Å². The summed E-state index contributed by atoms with van der Waals surface area (Å²) >= 11 is 3.69. The summed E-state index contributed by atoms with van der Waals surface area (Å²) in [6, 6.07) is 27.4. The Morgan fingerprint density at radius 1 is 0.704 bits per heavy atom. The monoisotopic (exact) mass is 411 g/mol. The molecule has 3 aromatic carbocycles. The zero-order valence-corrected chi connectivity index (χ0v) is 15.9. The molecule has 0 atom stereocenters. The molecule has 2 aliphatic rings. The van der Waals surface area contributed by atoms with Crippen molar-refractivity contribution < 1.29 is 4.74 Å². The minimum absolute atomic E-state index is 0.422. The van der Waals surface area contributed by atoms with Crippen molar-refractivity contribution in [2.24, 2.45) is 0 Å². The second kappa shape index (κ2) is 5.30. The summed E-state index contributed by atoms with van der Waals surface area (Å²) in [6.45, 7) is 0. The van der Waals surface area contributed by atoms with Crippen molar-refractivity contribution in [3.8, 4) is 22.8 Å². The molecular weight excluding hydrogens is 398 g/mol. The number of ether oxygens (including phenoxy) is 1. The quantitative estimate of drug-likeness (QED) is 0.292. The second-order valence-electron chi connectivity index (χ2n) is 6.93. The van der Waals surface area contributed by atoms with Crippen molar-refractivity contribution in [3.05, 3.63) is 112 Å². The Balaban J connectivity index is 1.87. The first-order chi connectivity index (χ1) is 13.3. The van der Waals surface area contributed by atoms with Gasteiger partial charge in [-0.1, -0.05) is 64.5 Å². The van der Waals surface area contributed by atoms with Crippen LogP contribution in [0.25, 0.3) is 11.3 Å². The van der Waals surface area contributed by atoms with Gasteiger partial charge >= 0.3 is 0 Å². The first-order valence-electron chi connectivity index (χ1n) is 8.93. The molecule has 2 nitrogen and oxygen atoms in total. The fourth-order valence-electron chi connectivity index (χ4n) is 4.68. The van der Waals surface area contributed by atoms with E-state index in [-0.39, 0.29) is 0 Å². The Morgan fingerprint density at radius 3 is 2.11 bits per heavy atom. The van der Waals surface area contributed by atoms with Crippen LogP contribution in [0.2, 0.25) is 0 Å². The molecule has 0 amide bonds. The summed E-state index contributed by atoms with van der Waals surface area (Å²) in [4.78, 5) is 4.77. The van der Waals surface area contributed by atoms with Crippen LogP contribution in [0, 0.1) is 0 Å². The molecule has 0 fully saturated rings. The van der Waals surface area contributed by atoms with Crippen LogP contribution in [-0.2, 0) is 5.41 Å². The lowest BCUT2D eigenvalue weighted by molar-refractivity contribution is 0.436. The largest absolute Gasteiger partial charge is 0.457 e. The van der Waals surface area contributed by atoms with Crippen LogP contribution >= 0.6 is 15.9 Å². The zero-order valence-electron chi connectivity index (χ0n) is 14.3. The minimum atomic E-state index is -0.422. The molecule has 0 N–H and O–H groups in total. The highest BCUT2D eigenvalue weighted by Gasteiger charge is 2.51. The van der Waals surface area contributed by atoms with E-state index in [4.69, 9.17) is 9.72 Å². The normalized spacial score (nSPS) is 14.7. The van der Waals surface area contributed by atoms with Crippen LogP contribution in [0.3, 0.4) is 0 Å². The van der Waals surface area contributed by atoms with Crippen molar-refractivity contribution in [1.82, 2.24) is 4.98 Å². The number of aromatic nitrogens is 1. The summed E-state index contributed by atoms with van der Waals surface area (Å²) in [5.41, 5.74) is 6.58. The first kappa shape index (κ1) is 15.2. The summed E-state index contributed by atoms with van der Waals surface area (Å²) in [5, 5.41) is 0. The molecule has 0 saturated heterocycles. The van der Waals surface area contributed by atoms with Gasteiger partial charge in [-0.15, -0.1) is 0 Å². The third kappa shape index (κ3) is 1.82. The maximum atomic E-state index is 6.29. The van der Waals surface area contributed by atoms with Crippen molar-refractivity contribution >= 4 is 15.9 Å². The van der Waals surface area contributed by atoms with Crippen molar-refractivity contribution in [3.63, 3.8) is 0 Å². The summed E-state index contributed by atoms with van der Waals surface area (Å²) in [6.07, 6.45) is 1.88. The molecule has 0 unspecified atom stereocenters. The molecule has 0 saturated carbocycles. The third-order valence-corrected chi connectivity index (χ3v) is 6.15. The maximum absolute atomic E-state index is 6.29. The zero-order chi connectivity index (χ0) is 18.0. The highest BCUT2D eigenvalue weighted by molar-refractivity contribution is 9.10. The van der Waals surface area contributed by atoms with E-state index >= 15 is 0 Å². The Labute approximate surface area is 165 Å². The van der Waals surface area contributed by atoms with Gasteiger partial charge in [0.2, 0.25) is 0 Å². The van der Waals surface area contributed by atoms with Crippen LogP contribution in [0.5, 0.6) is 11.5 Å². The van der Waals surface area contributed by atoms with Crippen molar-refractivity contribution in [1.29, 1.82) is 0 Å². The molecule has 128 valence electrons. The van der Waals surface area contributed by atoms with Crippen molar-refractivity contribution in [2.45, 2.75) is 5.41 Å². The van der Waals surface area contributed by atoms with Gasteiger partial charge in [-0.3, -0.25) is 4.98 Å². The van der Waals surface area contributed by atoms with E-state index in [1.165, 1.54) is 16.7 Å². The second-order valence-corrected chi connectivity index (χ2v) is 7.85. The fraction of sp³-hybridized carbons (Fsp3) is 0.0417. The van der Waals surface area contributed by atoms with Crippen LogP contribution in [0.15, 0.2) is 89.5 Å². The van der Waals surface area contributed by atoms with Gasteiger partial charge < -0.3 is 4.74 Å². The number of hydrogen-bond donors (Lipinski definition) is 0. The Bertz CT molecular complexity index is 1180. The number of pyridine rings is 1. The highest BCUT2D eigenvalue weighted by Crippen LogP contribution is 2.61. The number of nitrogens with zero attached hydrogens (tertiary/aromatic N) is 1. The van der Waals surface area contributed by atoms with Crippen LogP contribution < -0.4 is 4.74 Å². The lowest BCUT2D eigenvalue weighted by atomic mass is 9.66. The van der Waals surface area contributed by atoms with E-state index in [9.17, 15) is 0 Å². The molecule has 4 aromatic rings. The molecule has 2 heterocycles. The van der Waals surface area contributed by atoms with E-state index in [0.29, 0.717) is 0 Å². The van der Waals surface area contributed by atoms with Crippen molar-refractivity contribution in [2.75, 3.05) is 0 Å². The SMILES string of the molecule is Brc1ccc2c(c1)C1(c3ccccc3Oc3ccccc31)c1cccnc1-2. The predicted molar refractivity (Wildman–Crippen MR) is 109 cm³/mol. The number of halogens is 1. The summed E-state index contributed by atoms with van der Waals surface area (Å²) in [5.74, 6) is 1.80. The lowest BCUT2D eigenvalue weighted by Crippen LogP contribution is -2.32. The van der Waals surface area contributed by atoms with E-state index in [1.807, 2.05) is 24.4 Å². The third-order valence-electron chi connectivity index (χ3n) is 5.65. The summed E-state index contributed by atoms with van der Waals surface area (Å²) in [7, 11) is 0. The molecule has 0 bridgehead atoms. The molecule has 1 aliphatic heterocycles. The molecule has 3 heteroatoms. The summed E-state index contributed by atoms with van der Waals surface area (Å²) < 4.78 is 7.36. The van der Waals surface area contributed by atoms with Gasteiger partial charge in [-0.2, -0.15) is 0 Å². The van der Waals surface area contributed by atoms with Gasteiger partial charge in [0.15, 0.2) is 0 Å². The van der Waals surface area contributed by atoms with E-state index in [1.54, 1.807) is 0 Å². The number of benzene rings is 3. The average Bonchev–Trinajstić information content (AvgIpc) is 2.99. The molecule has 6 rings (SSSR count). The molecule has 1 aromatic heterocycles. The number of fused-ring (bicyclic) bond motifs is 9. The van der Waals surface area contributed by atoms with Gasteiger partial charge in [0.1, 0.15) is 11.5 Å². The number of hydrogen-bond acceptors (Lipinski definition) is 2. The average molecular weight is 412 g/mol. The fourth-order valence-corrected chi connectivity index (χ4v) is 5.04.